The number of benzene rings is 2. The van der Waals surface area contributed by atoms with E-state index in [1.165, 1.54) is 31.4 Å². The van der Waals surface area contributed by atoms with E-state index in [1.54, 1.807) is 22.6 Å². The van der Waals surface area contributed by atoms with Gasteiger partial charge in [0.05, 0.1) is 23.5 Å². The highest BCUT2D eigenvalue weighted by Gasteiger charge is 2.28. The number of nitrogens with zero attached hydrogens (tertiary/aromatic N) is 3. The molecule has 1 aliphatic carbocycles. The SMILES string of the molecule is Cn1c(=O)n([C@H]2CCCN(C(=O)Cc3cc(F)cc(Cl)c3)C2)c2cc(NC3CCC3)ccc21. The molecule has 6 nitrogen and oxygen atoms in total. The van der Waals surface area contributed by atoms with Crippen molar-refractivity contribution in [2.75, 3.05) is 18.4 Å². The fourth-order valence-electron chi connectivity index (χ4n) is 4.99. The van der Waals surface area contributed by atoms with Crippen LogP contribution in [0.3, 0.4) is 0 Å². The third kappa shape index (κ3) is 4.38. The van der Waals surface area contributed by atoms with E-state index in [9.17, 15) is 14.0 Å². The van der Waals surface area contributed by atoms with Crippen molar-refractivity contribution in [3.8, 4) is 0 Å². The van der Waals surface area contributed by atoms with Crippen molar-refractivity contribution in [1.82, 2.24) is 14.0 Å². The molecule has 0 unspecified atom stereocenters. The molecule has 2 aromatic carbocycles. The van der Waals surface area contributed by atoms with Crippen molar-refractivity contribution >= 4 is 34.2 Å². The number of fused-ring (bicyclic) bond motifs is 1. The number of aryl methyl sites for hydroxylation is 1. The molecule has 0 spiro atoms. The molecule has 1 saturated carbocycles. The van der Waals surface area contributed by atoms with E-state index < -0.39 is 5.82 Å². The average molecular weight is 471 g/mol. The van der Waals surface area contributed by atoms with E-state index in [0.717, 1.165) is 29.6 Å². The normalized spacial score (nSPS) is 19.0. The van der Waals surface area contributed by atoms with Gasteiger partial charge in [0, 0.05) is 36.9 Å². The lowest BCUT2D eigenvalue weighted by Crippen LogP contribution is -2.43. The van der Waals surface area contributed by atoms with Gasteiger partial charge < -0.3 is 10.2 Å². The van der Waals surface area contributed by atoms with Crippen LogP contribution in [-0.2, 0) is 18.3 Å². The van der Waals surface area contributed by atoms with Gasteiger partial charge in [-0.3, -0.25) is 13.9 Å². The molecule has 0 bridgehead atoms. The Bertz CT molecular complexity index is 1240. The van der Waals surface area contributed by atoms with Gasteiger partial charge in [-0.05, 0) is 74.1 Å². The van der Waals surface area contributed by atoms with Crippen molar-refractivity contribution in [2.24, 2.45) is 7.05 Å². The highest BCUT2D eigenvalue weighted by molar-refractivity contribution is 6.30. The number of rotatable bonds is 5. The Labute approximate surface area is 196 Å². The second-order valence-corrected chi connectivity index (χ2v) is 9.71. The van der Waals surface area contributed by atoms with Crippen LogP contribution in [0.1, 0.15) is 43.7 Å². The predicted octanol–water partition coefficient (Wildman–Crippen LogP) is 4.50. The van der Waals surface area contributed by atoms with Crippen molar-refractivity contribution in [3.05, 3.63) is 63.3 Å². The van der Waals surface area contributed by atoms with Gasteiger partial charge >= 0.3 is 5.69 Å². The number of halogens is 2. The van der Waals surface area contributed by atoms with E-state index in [0.29, 0.717) is 24.7 Å². The van der Waals surface area contributed by atoms with Crippen LogP contribution < -0.4 is 11.0 Å². The van der Waals surface area contributed by atoms with Crippen molar-refractivity contribution in [1.29, 1.82) is 0 Å². The van der Waals surface area contributed by atoms with Gasteiger partial charge in [0.15, 0.2) is 0 Å². The van der Waals surface area contributed by atoms with Crippen LogP contribution in [-0.4, -0.2) is 39.1 Å². The molecule has 1 aliphatic heterocycles. The van der Waals surface area contributed by atoms with Gasteiger partial charge in [-0.2, -0.15) is 0 Å². The number of aromatic nitrogens is 2. The summed E-state index contributed by atoms with van der Waals surface area (Å²) in [4.78, 5) is 28.0. The second kappa shape index (κ2) is 8.86. The maximum absolute atomic E-state index is 13.7. The molecule has 33 heavy (non-hydrogen) atoms. The second-order valence-electron chi connectivity index (χ2n) is 9.28. The molecule has 1 atom stereocenters. The molecule has 1 N–H and O–H groups in total. The Morgan fingerprint density at radius 3 is 2.67 bits per heavy atom. The smallest absolute Gasteiger partial charge is 0.329 e. The number of hydrogen-bond donors (Lipinski definition) is 1. The quantitative estimate of drug-likeness (QED) is 0.597. The Kier molecular flexibility index (Phi) is 5.91. The monoisotopic (exact) mass is 470 g/mol. The molecule has 174 valence electrons. The largest absolute Gasteiger partial charge is 0.382 e. The number of anilines is 1. The third-order valence-electron chi connectivity index (χ3n) is 6.96. The fraction of sp³-hybridized carbons (Fsp3) is 0.440. The van der Waals surface area contributed by atoms with E-state index in [2.05, 4.69) is 11.4 Å². The first kappa shape index (κ1) is 22.0. The molecule has 5 rings (SSSR count). The van der Waals surface area contributed by atoms with Crippen molar-refractivity contribution in [3.63, 3.8) is 0 Å². The minimum absolute atomic E-state index is 0.0676. The summed E-state index contributed by atoms with van der Waals surface area (Å²) in [6, 6.07) is 10.7. The minimum atomic E-state index is -0.449. The first-order chi connectivity index (χ1) is 15.9. The number of hydrogen-bond acceptors (Lipinski definition) is 3. The van der Waals surface area contributed by atoms with Crippen LogP contribution in [0, 0.1) is 5.82 Å². The zero-order chi connectivity index (χ0) is 23.1. The lowest BCUT2D eigenvalue weighted by molar-refractivity contribution is -0.132. The Hall–Kier alpha value is -2.80. The maximum Gasteiger partial charge on any atom is 0.329 e. The molecular weight excluding hydrogens is 443 g/mol. The maximum atomic E-state index is 13.7. The van der Waals surface area contributed by atoms with E-state index in [1.807, 2.05) is 16.7 Å². The number of imidazole rings is 1. The average Bonchev–Trinajstić information content (AvgIpc) is 3.00. The molecular formula is C25H28ClFN4O2. The first-order valence-electron chi connectivity index (χ1n) is 11.6. The number of likely N-dealkylation sites (tertiary alicyclic amines) is 1. The summed E-state index contributed by atoms with van der Waals surface area (Å²) in [5, 5.41) is 3.84. The Morgan fingerprint density at radius 1 is 1.12 bits per heavy atom. The summed E-state index contributed by atoms with van der Waals surface area (Å²) in [6.45, 7) is 1.09. The van der Waals surface area contributed by atoms with Gasteiger partial charge in [0.2, 0.25) is 5.91 Å². The lowest BCUT2D eigenvalue weighted by atomic mass is 9.93. The topological polar surface area (TPSA) is 59.3 Å². The summed E-state index contributed by atoms with van der Waals surface area (Å²) >= 11 is 5.94. The highest BCUT2D eigenvalue weighted by atomic mass is 35.5. The van der Waals surface area contributed by atoms with Crippen molar-refractivity contribution in [2.45, 2.75) is 50.6 Å². The summed E-state index contributed by atoms with van der Waals surface area (Å²) in [5.74, 6) is -0.530. The zero-order valence-corrected chi connectivity index (χ0v) is 19.4. The van der Waals surface area contributed by atoms with E-state index in [-0.39, 0.29) is 29.1 Å². The number of piperidine rings is 1. The van der Waals surface area contributed by atoms with Gasteiger partial charge in [0.25, 0.3) is 0 Å². The van der Waals surface area contributed by atoms with Crippen LogP contribution in [0.2, 0.25) is 5.02 Å². The first-order valence-corrected chi connectivity index (χ1v) is 12.0. The fourth-order valence-corrected chi connectivity index (χ4v) is 5.23. The molecule has 2 aliphatic rings. The van der Waals surface area contributed by atoms with Crippen LogP contribution in [0.5, 0.6) is 0 Å². The highest BCUT2D eigenvalue weighted by Crippen LogP contribution is 2.29. The van der Waals surface area contributed by atoms with Crippen molar-refractivity contribution < 1.29 is 9.18 Å². The molecule has 1 aromatic heterocycles. The molecule has 2 heterocycles. The number of nitrogens with one attached hydrogen (secondary N) is 1. The Balaban J connectivity index is 1.39. The van der Waals surface area contributed by atoms with Crippen LogP contribution >= 0.6 is 11.6 Å². The summed E-state index contributed by atoms with van der Waals surface area (Å²) in [7, 11) is 1.79. The molecule has 1 amide bonds. The Morgan fingerprint density at radius 2 is 1.94 bits per heavy atom. The summed E-state index contributed by atoms with van der Waals surface area (Å²) in [5.41, 5.74) is 3.29. The van der Waals surface area contributed by atoms with Gasteiger partial charge in [-0.1, -0.05) is 11.6 Å². The zero-order valence-electron chi connectivity index (χ0n) is 18.7. The third-order valence-corrected chi connectivity index (χ3v) is 7.18. The van der Waals surface area contributed by atoms with Crippen LogP contribution in [0.4, 0.5) is 10.1 Å². The van der Waals surface area contributed by atoms with Crippen LogP contribution in [0.15, 0.2) is 41.2 Å². The summed E-state index contributed by atoms with van der Waals surface area (Å²) < 4.78 is 17.2. The molecule has 1 saturated heterocycles. The number of amides is 1. The van der Waals surface area contributed by atoms with Gasteiger partial charge in [-0.15, -0.1) is 0 Å². The minimum Gasteiger partial charge on any atom is -0.382 e. The number of carbonyl (C=O) groups excluding carboxylic acids is 1. The van der Waals surface area contributed by atoms with Gasteiger partial charge in [0.1, 0.15) is 5.82 Å². The molecule has 0 radical (unpaired) electrons. The standard InChI is InChI=1S/C25H28ClFN4O2/c1-29-22-8-7-20(28-19-4-2-5-19)14-23(22)31(25(29)33)21-6-3-9-30(15-21)24(32)12-16-10-17(26)13-18(27)11-16/h7-8,10-11,13-14,19,21,28H,2-6,9,12,15H2,1H3/t21-/m0/s1. The van der Waals surface area contributed by atoms with E-state index in [4.69, 9.17) is 11.6 Å². The van der Waals surface area contributed by atoms with E-state index >= 15 is 0 Å². The molecule has 2 fully saturated rings. The lowest BCUT2D eigenvalue weighted by Gasteiger charge is -2.33. The van der Waals surface area contributed by atoms with Crippen LogP contribution in [0.25, 0.3) is 11.0 Å². The number of carbonyl (C=O) groups is 1. The summed E-state index contributed by atoms with van der Waals surface area (Å²) in [6.07, 6.45) is 5.33. The molecule has 3 aromatic rings. The van der Waals surface area contributed by atoms with Gasteiger partial charge in [-0.25, -0.2) is 9.18 Å². The predicted molar refractivity (Wildman–Crippen MR) is 128 cm³/mol. The molecule has 8 heteroatoms.